The van der Waals surface area contributed by atoms with Crippen LogP contribution in [-0.4, -0.2) is 10.1 Å². The zero-order valence-electron chi connectivity index (χ0n) is 10.9. The van der Waals surface area contributed by atoms with E-state index in [9.17, 15) is 4.39 Å². The minimum absolute atomic E-state index is 0.267. The van der Waals surface area contributed by atoms with Crippen molar-refractivity contribution in [3.05, 3.63) is 64.1 Å². The van der Waals surface area contributed by atoms with Crippen LogP contribution >= 0.6 is 15.9 Å². The Morgan fingerprint density at radius 1 is 1.14 bits per heavy atom. The number of nitrogens with zero attached hydrogens (tertiary/aromatic N) is 2. The molecule has 3 rings (SSSR count). The molecule has 0 amide bonds. The van der Waals surface area contributed by atoms with Crippen molar-refractivity contribution in [2.24, 2.45) is 0 Å². The maximum Gasteiger partial charge on any atom is 0.258 e. The van der Waals surface area contributed by atoms with Crippen LogP contribution in [0.15, 0.2) is 51.5 Å². The van der Waals surface area contributed by atoms with Crippen LogP contribution in [0, 0.1) is 5.82 Å². The summed E-state index contributed by atoms with van der Waals surface area (Å²) in [7, 11) is 0. The average Bonchev–Trinajstić information content (AvgIpc) is 2.89. The molecular weight excluding hydrogens is 337 g/mol. The third-order valence-electron chi connectivity index (χ3n) is 2.91. The number of benzene rings is 2. The Hall–Kier alpha value is -2.21. The van der Waals surface area contributed by atoms with Crippen molar-refractivity contribution in [1.82, 2.24) is 10.1 Å². The summed E-state index contributed by atoms with van der Waals surface area (Å²) < 4.78 is 18.9. The lowest BCUT2D eigenvalue weighted by Crippen LogP contribution is -1.91. The second kappa shape index (κ2) is 5.65. The molecule has 0 saturated carbocycles. The Morgan fingerprint density at radius 2 is 1.90 bits per heavy atom. The fourth-order valence-electron chi connectivity index (χ4n) is 1.96. The molecule has 106 valence electrons. The van der Waals surface area contributed by atoms with E-state index in [1.165, 1.54) is 12.1 Å². The highest BCUT2D eigenvalue weighted by molar-refractivity contribution is 9.10. The number of nitrogen functional groups attached to an aromatic ring is 1. The number of hydrogen-bond donors (Lipinski definition) is 1. The zero-order valence-corrected chi connectivity index (χ0v) is 12.5. The maximum atomic E-state index is 12.9. The molecule has 2 aromatic carbocycles. The van der Waals surface area contributed by atoms with Gasteiger partial charge in [-0.1, -0.05) is 33.2 Å². The molecule has 1 aromatic heterocycles. The van der Waals surface area contributed by atoms with Crippen molar-refractivity contribution in [3.8, 4) is 11.5 Å². The van der Waals surface area contributed by atoms with Crippen molar-refractivity contribution >= 4 is 21.6 Å². The van der Waals surface area contributed by atoms with Crippen LogP contribution in [0.25, 0.3) is 11.5 Å². The van der Waals surface area contributed by atoms with Gasteiger partial charge in [-0.25, -0.2) is 4.39 Å². The van der Waals surface area contributed by atoms with E-state index in [1.807, 2.05) is 6.07 Å². The van der Waals surface area contributed by atoms with Crippen LogP contribution in [0.2, 0.25) is 0 Å². The minimum atomic E-state index is -0.267. The van der Waals surface area contributed by atoms with Gasteiger partial charge in [0.05, 0.1) is 0 Å². The SMILES string of the molecule is Nc1cc(Br)cc(-c2nc(Cc3ccc(F)cc3)no2)c1. The third-order valence-corrected chi connectivity index (χ3v) is 3.37. The monoisotopic (exact) mass is 347 g/mol. The van der Waals surface area contributed by atoms with Gasteiger partial charge in [0.1, 0.15) is 5.82 Å². The molecule has 0 saturated heterocycles. The summed E-state index contributed by atoms with van der Waals surface area (Å²) >= 11 is 3.37. The lowest BCUT2D eigenvalue weighted by atomic mass is 10.1. The van der Waals surface area contributed by atoms with E-state index in [0.717, 1.165) is 15.6 Å². The summed E-state index contributed by atoms with van der Waals surface area (Å²) in [6.45, 7) is 0. The van der Waals surface area contributed by atoms with Gasteiger partial charge in [-0.05, 0) is 35.9 Å². The van der Waals surface area contributed by atoms with E-state index in [1.54, 1.807) is 24.3 Å². The van der Waals surface area contributed by atoms with E-state index in [-0.39, 0.29) is 5.82 Å². The van der Waals surface area contributed by atoms with Gasteiger partial charge in [-0.3, -0.25) is 0 Å². The van der Waals surface area contributed by atoms with Crippen molar-refractivity contribution in [1.29, 1.82) is 0 Å². The molecule has 0 atom stereocenters. The summed E-state index contributed by atoms with van der Waals surface area (Å²) in [5.41, 5.74) is 8.06. The molecule has 6 heteroatoms. The molecule has 21 heavy (non-hydrogen) atoms. The fraction of sp³-hybridized carbons (Fsp3) is 0.0667. The van der Waals surface area contributed by atoms with E-state index >= 15 is 0 Å². The molecule has 0 aliphatic carbocycles. The standard InChI is InChI=1S/C15H11BrFN3O/c16-11-6-10(7-13(18)8-11)15-19-14(20-21-15)5-9-1-3-12(17)4-2-9/h1-4,6-8H,5,18H2. The number of hydrogen-bond acceptors (Lipinski definition) is 4. The van der Waals surface area contributed by atoms with Gasteiger partial charge in [0.2, 0.25) is 0 Å². The lowest BCUT2D eigenvalue weighted by Gasteiger charge is -1.98. The van der Waals surface area contributed by atoms with Gasteiger partial charge in [0.25, 0.3) is 5.89 Å². The summed E-state index contributed by atoms with van der Waals surface area (Å²) in [6, 6.07) is 11.6. The molecule has 0 bridgehead atoms. The van der Waals surface area contributed by atoms with Crippen molar-refractivity contribution in [2.75, 3.05) is 5.73 Å². The van der Waals surface area contributed by atoms with Crippen LogP contribution in [0.3, 0.4) is 0 Å². The van der Waals surface area contributed by atoms with Crippen molar-refractivity contribution in [3.63, 3.8) is 0 Å². The Labute approximate surface area is 128 Å². The Bertz CT molecular complexity index is 751. The minimum Gasteiger partial charge on any atom is -0.399 e. The first kappa shape index (κ1) is 13.8. The van der Waals surface area contributed by atoms with Gasteiger partial charge in [-0.15, -0.1) is 0 Å². The van der Waals surface area contributed by atoms with Crippen LogP contribution in [-0.2, 0) is 6.42 Å². The highest BCUT2D eigenvalue weighted by atomic mass is 79.9. The predicted octanol–water partition coefficient (Wildman–Crippen LogP) is 3.81. The molecule has 0 unspecified atom stereocenters. The molecule has 0 aliphatic rings. The summed E-state index contributed by atoms with van der Waals surface area (Å²) in [4.78, 5) is 4.33. The number of rotatable bonds is 3. The fourth-order valence-corrected chi connectivity index (χ4v) is 2.47. The van der Waals surface area contributed by atoms with Crippen LogP contribution in [0.1, 0.15) is 11.4 Å². The maximum absolute atomic E-state index is 12.9. The van der Waals surface area contributed by atoms with E-state index in [0.29, 0.717) is 23.8 Å². The van der Waals surface area contributed by atoms with Gasteiger partial charge in [0.15, 0.2) is 5.82 Å². The predicted molar refractivity (Wildman–Crippen MR) is 81.1 cm³/mol. The molecule has 1 heterocycles. The number of aromatic nitrogens is 2. The zero-order chi connectivity index (χ0) is 14.8. The molecule has 0 radical (unpaired) electrons. The smallest absolute Gasteiger partial charge is 0.258 e. The Kier molecular flexibility index (Phi) is 3.70. The second-order valence-corrected chi connectivity index (χ2v) is 5.51. The van der Waals surface area contributed by atoms with Gasteiger partial charge in [-0.2, -0.15) is 4.98 Å². The summed E-state index contributed by atoms with van der Waals surface area (Å²) in [5.74, 6) is 0.674. The highest BCUT2D eigenvalue weighted by Gasteiger charge is 2.10. The highest BCUT2D eigenvalue weighted by Crippen LogP contribution is 2.25. The molecule has 3 aromatic rings. The first-order chi connectivity index (χ1) is 10.1. The molecule has 2 N–H and O–H groups in total. The number of halogens is 2. The average molecular weight is 348 g/mol. The quantitative estimate of drug-likeness (QED) is 0.731. The van der Waals surface area contributed by atoms with Crippen molar-refractivity contribution in [2.45, 2.75) is 6.42 Å². The van der Waals surface area contributed by atoms with Crippen LogP contribution in [0.4, 0.5) is 10.1 Å². The number of nitrogens with two attached hydrogens (primary N) is 1. The molecule has 0 fully saturated rings. The van der Waals surface area contributed by atoms with E-state index < -0.39 is 0 Å². The molecule has 0 spiro atoms. The van der Waals surface area contributed by atoms with Gasteiger partial charge >= 0.3 is 0 Å². The van der Waals surface area contributed by atoms with E-state index in [4.69, 9.17) is 10.3 Å². The van der Waals surface area contributed by atoms with Crippen LogP contribution in [0.5, 0.6) is 0 Å². The largest absolute Gasteiger partial charge is 0.399 e. The third kappa shape index (κ3) is 3.28. The Balaban J connectivity index is 1.84. The van der Waals surface area contributed by atoms with Gasteiger partial charge in [0, 0.05) is 22.1 Å². The summed E-state index contributed by atoms with van der Waals surface area (Å²) in [6.07, 6.45) is 0.479. The molecule has 0 aliphatic heterocycles. The molecular formula is C15H11BrFN3O. The first-order valence-corrected chi connectivity index (χ1v) is 7.03. The topological polar surface area (TPSA) is 64.9 Å². The Morgan fingerprint density at radius 3 is 2.62 bits per heavy atom. The number of anilines is 1. The normalized spacial score (nSPS) is 10.8. The lowest BCUT2D eigenvalue weighted by molar-refractivity contribution is 0.424. The summed E-state index contributed by atoms with van der Waals surface area (Å²) in [5, 5.41) is 3.93. The van der Waals surface area contributed by atoms with Crippen molar-refractivity contribution < 1.29 is 8.91 Å². The first-order valence-electron chi connectivity index (χ1n) is 6.23. The molecule has 4 nitrogen and oxygen atoms in total. The van der Waals surface area contributed by atoms with Crippen LogP contribution < -0.4 is 5.73 Å². The van der Waals surface area contributed by atoms with Gasteiger partial charge < -0.3 is 10.3 Å². The second-order valence-electron chi connectivity index (χ2n) is 4.59. The van der Waals surface area contributed by atoms with E-state index in [2.05, 4.69) is 26.1 Å².